The monoisotopic (exact) mass is 440 g/mol. The molecule has 0 amide bonds. The molecule has 0 saturated carbocycles. The van der Waals surface area contributed by atoms with Crippen molar-refractivity contribution in [1.29, 1.82) is 0 Å². The summed E-state index contributed by atoms with van der Waals surface area (Å²) in [6.45, 7) is 20.7. The van der Waals surface area contributed by atoms with E-state index >= 15 is 0 Å². The first-order chi connectivity index (χ1) is 13.4. The minimum Gasteiger partial charge on any atom is -0.450 e. The van der Waals surface area contributed by atoms with Crippen molar-refractivity contribution in [3.63, 3.8) is 0 Å². The van der Waals surface area contributed by atoms with Gasteiger partial charge in [-0.05, 0) is 47.9 Å². The van der Waals surface area contributed by atoms with Crippen molar-refractivity contribution in [1.82, 2.24) is 14.0 Å². The van der Waals surface area contributed by atoms with Crippen LogP contribution in [0.15, 0.2) is 4.52 Å². The van der Waals surface area contributed by atoms with Gasteiger partial charge in [-0.2, -0.15) is 0 Å². The molecule has 0 spiro atoms. The summed E-state index contributed by atoms with van der Waals surface area (Å²) in [5.41, 5.74) is 0. The zero-order valence-corrected chi connectivity index (χ0v) is 21.2. The molecule has 7 nitrogen and oxygen atoms in total. The first-order valence-corrected chi connectivity index (χ1v) is 13.0. The summed E-state index contributed by atoms with van der Waals surface area (Å²) in [5.74, 6) is 0. The van der Waals surface area contributed by atoms with Gasteiger partial charge in [0.25, 0.3) is 0 Å². The van der Waals surface area contributed by atoms with Crippen LogP contribution in [0.25, 0.3) is 0 Å². The lowest BCUT2D eigenvalue weighted by atomic mass is 10.4. The molecular weight excluding hydrogens is 394 g/mol. The molecule has 0 rings (SSSR count). The summed E-state index contributed by atoms with van der Waals surface area (Å²) in [7, 11) is 0.960. The van der Waals surface area contributed by atoms with Gasteiger partial charge in [-0.1, -0.05) is 41.5 Å². The zero-order valence-electron chi connectivity index (χ0n) is 19.1. The predicted octanol–water partition coefficient (Wildman–Crippen LogP) is 6.31. The van der Waals surface area contributed by atoms with Gasteiger partial charge >= 0.3 is 6.16 Å². The van der Waals surface area contributed by atoms with Crippen molar-refractivity contribution in [2.24, 2.45) is 4.52 Å². The smallest absolute Gasteiger partial charge is 0.450 e. The first-order valence-electron chi connectivity index (χ1n) is 10.8. The number of nitrogens with zero attached hydrogens (tertiary/aromatic N) is 4. The highest BCUT2D eigenvalue weighted by molar-refractivity contribution is 7.62. The normalized spacial score (nSPS) is 11.6. The minimum absolute atomic E-state index is 1.15. The fraction of sp³-hybridized carbons (Fsp3) is 0.947. The van der Waals surface area contributed by atoms with E-state index in [1.54, 1.807) is 0 Å². The maximum atomic E-state index is 8.56. The zero-order chi connectivity index (χ0) is 22.0. The second-order valence-electron chi connectivity index (χ2n) is 6.80. The van der Waals surface area contributed by atoms with Crippen molar-refractivity contribution in [2.75, 3.05) is 39.3 Å². The molecule has 0 aliphatic carbocycles. The van der Waals surface area contributed by atoms with Gasteiger partial charge in [0, 0.05) is 39.3 Å². The van der Waals surface area contributed by atoms with E-state index in [-0.39, 0.29) is 0 Å². The summed E-state index contributed by atoms with van der Waals surface area (Å²) in [6.07, 6.45) is 5.33. The van der Waals surface area contributed by atoms with Crippen molar-refractivity contribution in [3.8, 4) is 0 Å². The third kappa shape index (κ3) is 10.5. The van der Waals surface area contributed by atoms with Crippen molar-refractivity contribution < 1.29 is 15.0 Å². The fourth-order valence-corrected chi connectivity index (χ4v) is 9.08. The molecule has 0 aliphatic heterocycles. The van der Waals surface area contributed by atoms with Gasteiger partial charge in [-0.3, -0.25) is 0 Å². The highest BCUT2D eigenvalue weighted by Crippen LogP contribution is 2.61. The van der Waals surface area contributed by atoms with Crippen molar-refractivity contribution in [2.45, 2.75) is 80.1 Å². The molecule has 0 aromatic rings. The molecule has 28 heavy (non-hydrogen) atoms. The highest BCUT2D eigenvalue weighted by atomic mass is 31.2. The van der Waals surface area contributed by atoms with E-state index in [1.807, 2.05) is 0 Å². The Labute approximate surface area is 176 Å². The summed E-state index contributed by atoms with van der Waals surface area (Å²) < 4.78 is 13.3. The van der Waals surface area contributed by atoms with E-state index in [0.29, 0.717) is 0 Å². The Morgan fingerprint density at radius 2 is 0.857 bits per heavy atom. The van der Waals surface area contributed by atoms with E-state index in [4.69, 9.17) is 19.5 Å². The number of carboxylic acid groups (broad SMARTS) is 2. The van der Waals surface area contributed by atoms with Crippen LogP contribution in [0.2, 0.25) is 0 Å². The van der Waals surface area contributed by atoms with E-state index in [9.17, 15) is 0 Å². The summed E-state index contributed by atoms with van der Waals surface area (Å²) in [6, 6.07) is 0. The van der Waals surface area contributed by atoms with E-state index in [2.05, 4.69) is 64.9 Å². The quantitative estimate of drug-likeness (QED) is 0.290. The largest absolute Gasteiger partial charge is 0.503 e. The van der Waals surface area contributed by atoms with Crippen LogP contribution in [0, 0.1) is 0 Å². The Hall–Kier alpha value is -0.190. The molecule has 0 saturated heterocycles. The summed E-state index contributed by atoms with van der Waals surface area (Å²) in [5, 5.41) is 13.9. The van der Waals surface area contributed by atoms with E-state index in [1.165, 1.54) is 38.5 Å². The highest BCUT2D eigenvalue weighted by Gasteiger charge is 2.37. The van der Waals surface area contributed by atoms with Crippen LogP contribution in [0.3, 0.4) is 0 Å². The number of carbonyl (C=O) groups is 1. The Morgan fingerprint density at radius 3 is 0.964 bits per heavy atom. The Kier molecular flexibility index (Phi) is 20.2. The van der Waals surface area contributed by atoms with Crippen LogP contribution in [0.5, 0.6) is 0 Å². The molecule has 0 radical (unpaired) electrons. The minimum atomic E-state index is -1.83. The molecule has 9 heteroatoms. The molecule has 0 aromatic carbocycles. The average molecular weight is 441 g/mol. The molecule has 1 unspecified atom stereocenters. The first kappa shape index (κ1) is 30.0. The maximum Gasteiger partial charge on any atom is 0.503 e. The average Bonchev–Trinajstić information content (AvgIpc) is 2.63. The maximum absolute atomic E-state index is 8.56. The van der Waals surface area contributed by atoms with Gasteiger partial charge in [0.05, 0.1) is 0 Å². The van der Waals surface area contributed by atoms with E-state index < -0.39 is 13.7 Å². The van der Waals surface area contributed by atoms with Crippen molar-refractivity contribution in [3.05, 3.63) is 0 Å². The molecular formula is C19H46N4O3P2. The second kappa shape index (κ2) is 18.8. The van der Waals surface area contributed by atoms with Gasteiger partial charge in [0.1, 0.15) is 0 Å². The van der Waals surface area contributed by atoms with Gasteiger partial charge in [0.15, 0.2) is 7.51 Å². The number of hydrogen-bond acceptors (Lipinski definition) is 2. The topological polar surface area (TPSA) is 79.6 Å². The SMILES string of the molecule is CCCN(CCC)P(=NP)(N(CCC)CCC)N(CCC)CCC.O=C(O)O. The molecule has 0 fully saturated rings. The summed E-state index contributed by atoms with van der Waals surface area (Å²) >= 11 is 0. The lowest BCUT2D eigenvalue weighted by Crippen LogP contribution is -2.43. The third-order valence-corrected chi connectivity index (χ3v) is 8.90. The van der Waals surface area contributed by atoms with Crippen LogP contribution in [-0.4, -0.2) is 69.6 Å². The van der Waals surface area contributed by atoms with Crippen LogP contribution < -0.4 is 0 Å². The lowest BCUT2D eigenvalue weighted by molar-refractivity contribution is 0.137. The molecule has 170 valence electrons. The molecule has 0 bridgehead atoms. The molecule has 2 N–H and O–H groups in total. The van der Waals surface area contributed by atoms with Gasteiger partial charge in [-0.25, -0.2) is 23.3 Å². The van der Waals surface area contributed by atoms with E-state index in [0.717, 1.165) is 39.3 Å². The standard InChI is InChI=1S/C18H44N4P2.CH2O3/c1-7-13-20(14-8-2)24(19-23,21(15-9-3)16-10-4)22(17-11-5)18-12-6;2-1(3)4/h7-18,23H2,1-6H3;(H2,2,3,4). The van der Waals surface area contributed by atoms with Crippen LogP contribution in [0.4, 0.5) is 4.79 Å². The lowest BCUT2D eigenvalue weighted by Gasteiger charge is -2.49. The molecule has 0 heterocycles. The Bertz CT molecular complexity index is 370. The fourth-order valence-electron chi connectivity index (χ4n) is 3.44. The van der Waals surface area contributed by atoms with Gasteiger partial charge in [-0.15, -0.1) is 0 Å². The van der Waals surface area contributed by atoms with Crippen LogP contribution in [-0.2, 0) is 0 Å². The third-order valence-electron chi connectivity index (χ3n) is 4.18. The molecule has 0 aliphatic rings. The second-order valence-corrected chi connectivity index (χ2v) is 10.5. The molecule has 0 aromatic heterocycles. The van der Waals surface area contributed by atoms with Crippen LogP contribution in [0.1, 0.15) is 80.1 Å². The van der Waals surface area contributed by atoms with Gasteiger partial charge < -0.3 is 10.2 Å². The Balaban J connectivity index is 0. The van der Waals surface area contributed by atoms with Gasteiger partial charge in [0.2, 0.25) is 0 Å². The number of rotatable bonds is 15. The predicted molar refractivity (Wildman–Crippen MR) is 126 cm³/mol. The van der Waals surface area contributed by atoms with Crippen molar-refractivity contribution >= 4 is 23.1 Å². The number of hydrogen-bond donors (Lipinski definition) is 2. The Morgan fingerprint density at radius 1 is 0.679 bits per heavy atom. The summed E-state index contributed by atoms with van der Waals surface area (Å²) in [4.78, 5) is 8.56. The van der Waals surface area contributed by atoms with Crippen LogP contribution >= 0.6 is 16.9 Å². The molecule has 1 atom stereocenters.